The van der Waals surface area contributed by atoms with Crippen LogP contribution < -0.4 is 9.59 Å². The van der Waals surface area contributed by atoms with Crippen molar-refractivity contribution in [3.05, 3.63) is 53.7 Å². The SMILES string of the molecule is C=[n+]1ccccc1=C1C=C(C)[N-]N1C. The van der Waals surface area contributed by atoms with Crippen LogP contribution in [0.25, 0.3) is 11.1 Å². The maximum atomic E-state index is 4.30. The van der Waals surface area contributed by atoms with Gasteiger partial charge in [0, 0.05) is 12.1 Å². The molecule has 1 aliphatic heterocycles. The summed E-state index contributed by atoms with van der Waals surface area (Å²) in [5.41, 5.74) is 6.41. The smallest absolute Gasteiger partial charge is 0.232 e. The van der Waals surface area contributed by atoms with Crippen LogP contribution in [-0.4, -0.2) is 12.1 Å². The van der Waals surface area contributed by atoms with Crippen LogP contribution in [0.2, 0.25) is 0 Å². The van der Waals surface area contributed by atoms with Gasteiger partial charge in [0.05, 0.1) is 5.70 Å². The number of allylic oxidation sites excluding steroid dienone is 1. The molecule has 2 heterocycles. The van der Waals surface area contributed by atoms with Crippen molar-refractivity contribution in [2.75, 3.05) is 7.05 Å². The van der Waals surface area contributed by atoms with Gasteiger partial charge in [-0.1, -0.05) is 13.0 Å². The number of aromatic nitrogens is 1. The van der Waals surface area contributed by atoms with Crippen molar-refractivity contribution in [3.8, 4) is 0 Å². The first-order valence-corrected chi connectivity index (χ1v) is 4.51. The van der Waals surface area contributed by atoms with E-state index in [0.29, 0.717) is 0 Å². The number of nitrogens with zero attached hydrogens (tertiary/aromatic N) is 3. The van der Waals surface area contributed by atoms with E-state index in [4.69, 9.17) is 0 Å². The van der Waals surface area contributed by atoms with Gasteiger partial charge in [-0.2, -0.15) is 4.24 Å². The zero-order chi connectivity index (χ0) is 10.1. The normalized spacial score (nSPS) is 19.3. The molecule has 0 aromatic carbocycles. The largest absolute Gasteiger partial charge is 0.598 e. The van der Waals surface area contributed by atoms with E-state index in [1.165, 1.54) is 0 Å². The topological polar surface area (TPSA) is 23.2 Å². The molecule has 0 fully saturated rings. The van der Waals surface area contributed by atoms with Gasteiger partial charge in [-0.15, -0.1) is 5.70 Å². The number of hydrogen-bond acceptors (Lipinski definition) is 1. The maximum absolute atomic E-state index is 4.30. The molecule has 1 aromatic rings. The molecule has 1 aliphatic rings. The summed E-state index contributed by atoms with van der Waals surface area (Å²) in [4.78, 5) is 0. The monoisotopic (exact) mass is 187 g/mol. The summed E-state index contributed by atoms with van der Waals surface area (Å²) in [5.74, 6) is 0. The molecule has 2 rings (SSSR count). The molecule has 0 unspecified atom stereocenters. The Morgan fingerprint density at radius 1 is 1.43 bits per heavy atom. The van der Waals surface area contributed by atoms with Crippen LogP contribution in [0.4, 0.5) is 0 Å². The third-order valence-corrected chi connectivity index (χ3v) is 2.21. The van der Waals surface area contributed by atoms with E-state index >= 15 is 0 Å². The van der Waals surface area contributed by atoms with Gasteiger partial charge in [-0.3, -0.25) is 0 Å². The molecule has 0 aliphatic carbocycles. The van der Waals surface area contributed by atoms with Gasteiger partial charge in [0.25, 0.3) is 0 Å². The fraction of sp³-hybridized carbons (Fsp3) is 0.182. The van der Waals surface area contributed by atoms with Crippen LogP contribution >= 0.6 is 0 Å². The van der Waals surface area contributed by atoms with Crippen LogP contribution in [0.5, 0.6) is 0 Å². The van der Waals surface area contributed by atoms with Crippen LogP contribution in [0.15, 0.2) is 36.2 Å². The molecular formula is C11H13N3. The van der Waals surface area contributed by atoms with Gasteiger partial charge in [-0.05, 0) is 13.1 Å². The summed E-state index contributed by atoms with van der Waals surface area (Å²) in [7, 11) is 1.94. The standard InChI is InChI=1S/C11H13N3/c1-9-8-11(14(3)12-9)10-6-4-5-7-13(10)2/h4-8H,2H2,1,3H3. The molecule has 0 radical (unpaired) electrons. The summed E-state index contributed by atoms with van der Waals surface area (Å²) in [6.45, 7) is 5.91. The van der Waals surface area contributed by atoms with Gasteiger partial charge < -0.3 is 10.4 Å². The van der Waals surface area contributed by atoms with Gasteiger partial charge in [0.15, 0.2) is 6.20 Å². The van der Waals surface area contributed by atoms with E-state index in [2.05, 4.69) is 18.2 Å². The van der Waals surface area contributed by atoms with E-state index in [-0.39, 0.29) is 0 Å². The molecule has 0 N–H and O–H groups in total. The van der Waals surface area contributed by atoms with E-state index in [0.717, 1.165) is 16.7 Å². The van der Waals surface area contributed by atoms with Crippen LogP contribution in [0.1, 0.15) is 6.92 Å². The van der Waals surface area contributed by atoms with Crippen LogP contribution in [0.3, 0.4) is 0 Å². The number of rotatable bonds is 0. The summed E-state index contributed by atoms with van der Waals surface area (Å²) in [6.07, 6.45) is 3.98. The third kappa shape index (κ3) is 1.37. The fourth-order valence-corrected chi connectivity index (χ4v) is 1.56. The Kier molecular flexibility index (Phi) is 2.00. The van der Waals surface area contributed by atoms with Gasteiger partial charge in [0.1, 0.15) is 6.72 Å². The van der Waals surface area contributed by atoms with Crippen molar-refractivity contribution in [3.63, 3.8) is 0 Å². The van der Waals surface area contributed by atoms with Gasteiger partial charge in [0.2, 0.25) is 5.35 Å². The molecule has 0 bridgehead atoms. The van der Waals surface area contributed by atoms with E-state index in [1.807, 2.05) is 47.6 Å². The first-order valence-electron chi connectivity index (χ1n) is 4.51. The van der Waals surface area contributed by atoms with Crippen molar-refractivity contribution in [1.82, 2.24) is 5.01 Å². The molecule has 0 saturated heterocycles. The van der Waals surface area contributed by atoms with Crippen molar-refractivity contribution in [2.24, 2.45) is 0 Å². The molecule has 3 heteroatoms. The van der Waals surface area contributed by atoms with Crippen LogP contribution in [-0.2, 0) is 0 Å². The molecule has 0 amide bonds. The second kappa shape index (κ2) is 3.18. The highest BCUT2D eigenvalue weighted by Gasteiger charge is 2.06. The number of pyridine rings is 1. The highest BCUT2D eigenvalue weighted by molar-refractivity contribution is 5.61. The summed E-state index contributed by atoms with van der Waals surface area (Å²) < 4.78 is 1.84. The minimum Gasteiger partial charge on any atom is -0.598 e. The highest BCUT2D eigenvalue weighted by Crippen LogP contribution is 2.23. The maximum Gasteiger partial charge on any atom is 0.232 e. The van der Waals surface area contributed by atoms with E-state index in [1.54, 1.807) is 0 Å². The molecule has 0 saturated carbocycles. The summed E-state index contributed by atoms with van der Waals surface area (Å²) in [5, 5.41) is 2.93. The predicted octanol–water partition coefficient (Wildman–Crippen LogP) is 0.860. The van der Waals surface area contributed by atoms with E-state index in [9.17, 15) is 0 Å². The zero-order valence-corrected chi connectivity index (χ0v) is 8.44. The number of likely N-dealkylation sites (N-methyl/N-ethyl adjacent to an activating group) is 1. The molecule has 72 valence electrons. The molecule has 1 aromatic heterocycles. The molecular weight excluding hydrogens is 174 g/mol. The fourth-order valence-electron chi connectivity index (χ4n) is 1.56. The highest BCUT2D eigenvalue weighted by atomic mass is 15.5. The zero-order valence-electron chi connectivity index (χ0n) is 8.44. The summed E-state index contributed by atoms with van der Waals surface area (Å²) >= 11 is 0. The van der Waals surface area contributed by atoms with Gasteiger partial charge >= 0.3 is 0 Å². The Bertz CT molecular complexity index is 487. The number of hydrogen-bond donors (Lipinski definition) is 0. The molecule has 3 nitrogen and oxygen atoms in total. The minimum atomic E-state index is 1.02. The van der Waals surface area contributed by atoms with Crippen LogP contribution in [0, 0.1) is 6.72 Å². The molecule has 0 spiro atoms. The molecule has 0 atom stereocenters. The molecule has 14 heavy (non-hydrogen) atoms. The lowest BCUT2D eigenvalue weighted by Gasteiger charge is -2.28. The quantitative estimate of drug-likeness (QED) is 0.552. The Balaban J connectivity index is 2.73. The van der Waals surface area contributed by atoms with Crippen molar-refractivity contribution in [2.45, 2.75) is 6.92 Å². The first-order chi connectivity index (χ1) is 6.68. The lowest BCUT2D eigenvalue weighted by Crippen LogP contribution is -2.38. The second-order valence-corrected chi connectivity index (χ2v) is 3.35. The predicted molar refractivity (Wildman–Crippen MR) is 55.3 cm³/mol. The summed E-state index contributed by atoms with van der Waals surface area (Å²) in [6, 6.07) is 5.99. The Labute approximate surface area is 83.3 Å². The van der Waals surface area contributed by atoms with Crippen molar-refractivity contribution in [1.29, 1.82) is 0 Å². The van der Waals surface area contributed by atoms with E-state index < -0.39 is 0 Å². The third-order valence-electron chi connectivity index (χ3n) is 2.21. The Morgan fingerprint density at radius 2 is 2.21 bits per heavy atom. The Hall–Kier alpha value is -1.77. The second-order valence-electron chi connectivity index (χ2n) is 3.35. The van der Waals surface area contributed by atoms with Crippen molar-refractivity contribution >= 4 is 5.70 Å². The average Bonchev–Trinajstić information content (AvgIpc) is 2.46. The minimum absolute atomic E-state index is 1.02. The Morgan fingerprint density at radius 3 is 2.79 bits per heavy atom. The lowest BCUT2D eigenvalue weighted by atomic mass is 10.3. The lowest BCUT2D eigenvalue weighted by molar-refractivity contribution is -0.514. The van der Waals surface area contributed by atoms with Gasteiger partial charge in [-0.25, -0.2) is 0 Å². The average molecular weight is 187 g/mol. The van der Waals surface area contributed by atoms with Crippen molar-refractivity contribution < 1.29 is 4.24 Å². The first kappa shape index (κ1) is 8.81.